The van der Waals surface area contributed by atoms with Crippen LogP contribution in [-0.4, -0.2) is 11.8 Å². The van der Waals surface area contributed by atoms with Crippen LogP contribution >= 0.6 is 0 Å². The number of fused-ring (bicyclic) bond motifs is 1. The predicted molar refractivity (Wildman–Crippen MR) is 78.0 cm³/mol. The summed E-state index contributed by atoms with van der Waals surface area (Å²) in [6.45, 7) is 4.13. The molecule has 2 nitrogen and oxygen atoms in total. The molecule has 0 saturated heterocycles. The maximum absolute atomic E-state index is 12.4. The molecule has 1 heterocycles. The highest BCUT2D eigenvalue weighted by atomic mass is 16.1. The molecular weight excluding hydrogens is 234 g/mol. The number of carbonyl (C=O) groups excluding carboxylic acids is 1. The van der Waals surface area contributed by atoms with E-state index in [0.29, 0.717) is 0 Å². The number of nitrogens with zero attached hydrogens (tertiary/aromatic N) is 1. The number of anilines is 2. The van der Waals surface area contributed by atoms with Gasteiger partial charge in [-0.15, -0.1) is 0 Å². The molecule has 96 valence electrons. The molecule has 2 aromatic rings. The molecule has 0 N–H and O–H groups in total. The molecule has 1 aliphatic rings. The minimum absolute atomic E-state index is 0.00936. The minimum atomic E-state index is 0.00936. The van der Waals surface area contributed by atoms with Gasteiger partial charge < -0.3 is 4.90 Å². The number of benzene rings is 2. The van der Waals surface area contributed by atoms with Crippen LogP contribution in [0.2, 0.25) is 0 Å². The van der Waals surface area contributed by atoms with Gasteiger partial charge in [0.15, 0.2) is 5.78 Å². The maximum Gasteiger partial charge on any atom is 0.169 e. The van der Waals surface area contributed by atoms with Gasteiger partial charge in [-0.05, 0) is 31.2 Å². The number of Topliss-reactive ketones (excluding diaryl/α,β-unsaturated/α-hetero) is 1. The first-order valence-electron chi connectivity index (χ1n) is 6.67. The van der Waals surface area contributed by atoms with Crippen molar-refractivity contribution in [2.45, 2.75) is 19.9 Å². The fourth-order valence-corrected chi connectivity index (χ4v) is 2.76. The van der Waals surface area contributed by atoms with Gasteiger partial charge >= 0.3 is 0 Å². The van der Waals surface area contributed by atoms with Crippen LogP contribution in [-0.2, 0) is 0 Å². The molecule has 0 fully saturated rings. The van der Waals surface area contributed by atoms with Gasteiger partial charge in [0.05, 0.1) is 5.69 Å². The second-order valence-corrected chi connectivity index (χ2v) is 5.12. The van der Waals surface area contributed by atoms with Crippen LogP contribution in [0.1, 0.15) is 24.2 Å². The van der Waals surface area contributed by atoms with Crippen molar-refractivity contribution in [3.05, 3.63) is 60.2 Å². The molecule has 0 aromatic heterocycles. The first-order chi connectivity index (χ1) is 9.20. The number of hydrogen-bond donors (Lipinski definition) is 0. The summed E-state index contributed by atoms with van der Waals surface area (Å²) in [6, 6.07) is 18.3. The van der Waals surface area contributed by atoms with Crippen LogP contribution < -0.4 is 4.90 Å². The standard InChI is InChI=1S/C17H17NO/c1-12-13(2)18(14-8-4-3-5-9-14)16-11-7-6-10-15(16)17(12)19/h3-13H,1-2H3. The Kier molecular flexibility index (Phi) is 2.86. The van der Waals surface area contributed by atoms with E-state index in [1.54, 1.807) is 0 Å². The summed E-state index contributed by atoms with van der Waals surface area (Å²) < 4.78 is 0. The van der Waals surface area contributed by atoms with E-state index in [9.17, 15) is 4.79 Å². The van der Waals surface area contributed by atoms with Gasteiger partial charge in [0.2, 0.25) is 0 Å². The topological polar surface area (TPSA) is 20.3 Å². The highest BCUT2D eigenvalue weighted by Gasteiger charge is 2.35. The highest BCUT2D eigenvalue weighted by molar-refractivity contribution is 6.06. The van der Waals surface area contributed by atoms with E-state index < -0.39 is 0 Å². The lowest BCUT2D eigenvalue weighted by Crippen LogP contribution is -2.42. The third-order valence-electron chi connectivity index (χ3n) is 4.01. The summed E-state index contributed by atoms with van der Waals surface area (Å²) in [6.07, 6.45) is 0. The van der Waals surface area contributed by atoms with Crippen LogP contribution in [0.25, 0.3) is 0 Å². The predicted octanol–water partition coefficient (Wildman–Crippen LogP) is 4.05. The van der Waals surface area contributed by atoms with Crippen molar-refractivity contribution in [2.75, 3.05) is 4.90 Å². The van der Waals surface area contributed by atoms with Crippen molar-refractivity contribution in [3.63, 3.8) is 0 Å². The molecule has 19 heavy (non-hydrogen) atoms. The van der Waals surface area contributed by atoms with Crippen molar-refractivity contribution in [1.82, 2.24) is 0 Å². The molecule has 0 amide bonds. The number of rotatable bonds is 1. The van der Waals surface area contributed by atoms with E-state index in [1.165, 1.54) is 0 Å². The maximum atomic E-state index is 12.4. The number of para-hydroxylation sites is 2. The molecule has 3 rings (SSSR count). The lowest BCUT2D eigenvalue weighted by Gasteiger charge is -2.40. The van der Waals surface area contributed by atoms with Gasteiger partial charge in [-0.1, -0.05) is 37.3 Å². The summed E-state index contributed by atoms with van der Waals surface area (Å²) in [7, 11) is 0. The Morgan fingerprint density at radius 3 is 2.26 bits per heavy atom. The molecule has 0 spiro atoms. The fourth-order valence-electron chi connectivity index (χ4n) is 2.76. The van der Waals surface area contributed by atoms with Gasteiger partial charge in [0.1, 0.15) is 0 Å². The van der Waals surface area contributed by atoms with E-state index in [4.69, 9.17) is 0 Å². The van der Waals surface area contributed by atoms with Gasteiger partial charge in [0.25, 0.3) is 0 Å². The van der Waals surface area contributed by atoms with Gasteiger partial charge in [-0.2, -0.15) is 0 Å². The molecule has 0 radical (unpaired) electrons. The van der Waals surface area contributed by atoms with E-state index in [2.05, 4.69) is 24.0 Å². The third kappa shape index (κ3) is 1.84. The second-order valence-electron chi connectivity index (χ2n) is 5.12. The molecule has 1 aliphatic heterocycles. The Balaban J connectivity index is 2.19. The Hall–Kier alpha value is -2.09. The van der Waals surface area contributed by atoms with Crippen LogP contribution in [0.3, 0.4) is 0 Å². The lowest BCUT2D eigenvalue weighted by molar-refractivity contribution is 0.0908. The Morgan fingerprint density at radius 1 is 0.895 bits per heavy atom. The minimum Gasteiger partial charge on any atom is -0.337 e. The average molecular weight is 251 g/mol. The summed E-state index contributed by atoms with van der Waals surface area (Å²) in [5, 5.41) is 0. The number of carbonyl (C=O) groups is 1. The second kappa shape index (κ2) is 4.54. The van der Waals surface area contributed by atoms with E-state index >= 15 is 0 Å². The van der Waals surface area contributed by atoms with Gasteiger partial charge in [-0.25, -0.2) is 0 Å². The Labute approximate surface area is 113 Å². The first kappa shape index (κ1) is 12.0. The van der Waals surface area contributed by atoms with Crippen molar-refractivity contribution in [1.29, 1.82) is 0 Å². The SMILES string of the molecule is CC1C(=O)c2ccccc2N(c2ccccc2)C1C. The zero-order valence-electron chi connectivity index (χ0n) is 11.2. The van der Waals surface area contributed by atoms with Crippen molar-refractivity contribution in [3.8, 4) is 0 Å². The molecule has 0 saturated carbocycles. The van der Waals surface area contributed by atoms with Gasteiger partial charge in [-0.3, -0.25) is 4.79 Å². The molecule has 2 heteroatoms. The molecular formula is C17H17NO. The molecule has 0 bridgehead atoms. The zero-order chi connectivity index (χ0) is 13.4. The molecule has 2 aromatic carbocycles. The summed E-state index contributed by atoms with van der Waals surface area (Å²) in [4.78, 5) is 14.6. The zero-order valence-corrected chi connectivity index (χ0v) is 11.2. The fraction of sp³-hybridized carbons (Fsp3) is 0.235. The third-order valence-corrected chi connectivity index (χ3v) is 4.01. The van der Waals surface area contributed by atoms with Crippen LogP contribution in [0.5, 0.6) is 0 Å². The quantitative estimate of drug-likeness (QED) is 0.762. The van der Waals surface area contributed by atoms with Gasteiger partial charge in [0, 0.05) is 23.2 Å². The molecule has 2 atom stereocenters. The van der Waals surface area contributed by atoms with Crippen molar-refractivity contribution >= 4 is 17.2 Å². The summed E-state index contributed by atoms with van der Waals surface area (Å²) >= 11 is 0. The van der Waals surface area contributed by atoms with Crippen LogP contribution in [0.15, 0.2) is 54.6 Å². The van der Waals surface area contributed by atoms with E-state index in [0.717, 1.165) is 16.9 Å². The lowest BCUT2D eigenvalue weighted by atomic mass is 9.86. The van der Waals surface area contributed by atoms with Crippen LogP contribution in [0, 0.1) is 5.92 Å². The molecule has 0 aliphatic carbocycles. The Morgan fingerprint density at radius 2 is 1.53 bits per heavy atom. The smallest absolute Gasteiger partial charge is 0.169 e. The van der Waals surface area contributed by atoms with Crippen LogP contribution in [0.4, 0.5) is 11.4 Å². The summed E-state index contributed by atoms with van der Waals surface area (Å²) in [5.74, 6) is 0.255. The molecule has 2 unspecified atom stereocenters. The monoisotopic (exact) mass is 251 g/mol. The van der Waals surface area contributed by atoms with Crippen molar-refractivity contribution < 1.29 is 4.79 Å². The van der Waals surface area contributed by atoms with E-state index in [1.807, 2.05) is 49.4 Å². The Bertz CT molecular complexity index is 606. The van der Waals surface area contributed by atoms with E-state index in [-0.39, 0.29) is 17.7 Å². The number of ketones is 1. The number of hydrogen-bond acceptors (Lipinski definition) is 2. The summed E-state index contributed by atoms with van der Waals surface area (Å²) in [5.41, 5.74) is 2.99. The normalized spacial score (nSPS) is 22.2. The highest BCUT2D eigenvalue weighted by Crippen LogP contribution is 2.38. The van der Waals surface area contributed by atoms with Crippen molar-refractivity contribution in [2.24, 2.45) is 5.92 Å². The average Bonchev–Trinajstić information content (AvgIpc) is 2.46. The largest absolute Gasteiger partial charge is 0.337 e. The first-order valence-corrected chi connectivity index (χ1v) is 6.67.